The van der Waals surface area contributed by atoms with E-state index in [-0.39, 0.29) is 17.0 Å². The number of carbonyl (C=O) groups is 1. The largest absolute Gasteiger partial charge is 0.492 e. The lowest BCUT2D eigenvalue weighted by Gasteiger charge is -2.39. The number of nitrogens with one attached hydrogen (secondary N) is 1. The summed E-state index contributed by atoms with van der Waals surface area (Å²) in [7, 11) is 0. The molecule has 1 amide bonds. The van der Waals surface area contributed by atoms with E-state index in [0.717, 1.165) is 19.3 Å². The summed E-state index contributed by atoms with van der Waals surface area (Å²) >= 11 is 1.23. The van der Waals surface area contributed by atoms with E-state index in [0.29, 0.717) is 10.9 Å². The summed E-state index contributed by atoms with van der Waals surface area (Å²) < 4.78 is 1.28. The molecule has 3 rings (SSSR count). The number of nitrogens with zero attached hydrogens (tertiary/aromatic N) is 2. The first-order chi connectivity index (χ1) is 10.8. The predicted molar refractivity (Wildman–Crippen MR) is 89.1 cm³/mol. The minimum Gasteiger partial charge on any atom is -0.492 e. The Labute approximate surface area is 138 Å². The van der Waals surface area contributed by atoms with Crippen LogP contribution in [0.25, 0.3) is 4.96 Å². The molecule has 23 heavy (non-hydrogen) atoms. The average Bonchev–Trinajstić information content (AvgIpc) is 2.84. The van der Waals surface area contributed by atoms with Gasteiger partial charge in [0.1, 0.15) is 0 Å². The first kappa shape index (κ1) is 16.0. The monoisotopic (exact) mass is 335 g/mol. The molecule has 7 heteroatoms. The average molecular weight is 335 g/mol. The third-order valence-electron chi connectivity index (χ3n) is 4.40. The Hall–Kier alpha value is -1.89. The molecule has 0 aromatic carbocycles. The Balaban J connectivity index is 1.88. The van der Waals surface area contributed by atoms with E-state index in [1.165, 1.54) is 15.7 Å². The van der Waals surface area contributed by atoms with E-state index in [1.54, 1.807) is 11.6 Å². The van der Waals surface area contributed by atoms with Crippen LogP contribution < -0.4 is 10.9 Å². The molecule has 2 atom stereocenters. The van der Waals surface area contributed by atoms with Crippen molar-refractivity contribution in [3.8, 4) is 5.88 Å². The molecule has 2 aromatic heterocycles. The van der Waals surface area contributed by atoms with Crippen molar-refractivity contribution in [2.75, 3.05) is 0 Å². The lowest BCUT2D eigenvalue weighted by Crippen LogP contribution is -2.44. The van der Waals surface area contributed by atoms with Crippen LogP contribution >= 0.6 is 11.3 Å². The zero-order chi connectivity index (χ0) is 16.8. The maximum Gasteiger partial charge on any atom is 0.275 e. The van der Waals surface area contributed by atoms with Gasteiger partial charge in [0.25, 0.3) is 11.5 Å². The van der Waals surface area contributed by atoms with Crippen LogP contribution in [0.1, 0.15) is 50.4 Å². The highest BCUT2D eigenvalue weighted by Crippen LogP contribution is 2.38. The van der Waals surface area contributed by atoms with Gasteiger partial charge in [0.15, 0.2) is 10.5 Å². The van der Waals surface area contributed by atoms with E-state index in [9.17, 15) is 14.7 Å². The van der Waals surface area contributed by atoms with Crippen LogP contribution in [0.2, 0.25) is 0 Å². The Morgan fingerprint density at radius 1 is 1.48 bits per heavy atom. The molecule has 0 radical (unpaired) electrons. The molecule has 1 aliphatic rings. The van der Waals surface area contributed by atoms with E-state index in [4.69, 9.17) is 0 Å². The molecule has 2 N–H and O–H groups in total. The van der Waals surface area contributed by atoms with Crippen LogP contribution in [0, 0.1) is 11.3 Å². The minimum absolute atomic E-state index is 0.00298. The maximum atomic E-state index is 12.5. The normalized spacial score (nSPS) is 23.8. The topological polar surface area (TPSA) is 83.7 Å². The van der Waals surface area contributed by atoms with Crippen molar-refractivity contribution in [3.05, 3.63) is 27.5 Å². The van der Waals surface area contributed by atoms with Gasteiger partial charge in [-0.05, 0) is 30.6 Å². The van der Waals surface area contributed by atoms with Crippen molar-refractivity contribution in [2.24, 2.45) is 11.3 Å². The fourth-order valence-corrected chi connectivity index (χ4v) is 4.48. The Morgan fingerprint density at radius 2 is 2.22 bits per heavy atom. The second-order valence-electron chi connectivity index (χ2n) is 7.25. The molecule has 1 aliphatic carbocycles. The van der Waals surface area contributed by atoms with Gasteiger partial charge in [-0.15, -0.1) is 11.3 Å². The van der Waals surface area contributed by atoms with Gasteiger partial charge in [-0.2, -0.15) is 4.98 Å². The summed E-state index contributed by atoms with van der Waals surface area (Å²) in [5, 5.41) is 14.6. The number of fused-ring (bicyclic) bond motifs is 1. The Bertz CT molecular complexity index is 808. The van der Waals surface area contributed by atoms with E-state index in [1.807, 2.05) is 0 Å². The van der Waals surface area contributed by atoms with Crippen molar-refractivity contribution in [3.63, 3.8) is 0 Å². The van der Waals surface area contributed by atoms with Crippen molar-refractivity contribution in [1.82, 2.24) is 14.7 Å². The number of aromatic hydroxyl groups is 1. The Kier molecular flexibility index (Phi) is 3.91. The molecule has 2 aromatic rings. The number of rotatable bonds is 2. The summed E-state index contributed by atoms with van der Waals surface area (Å²) in [4.78, 5) is 29.2. The first-order valence-corrected chi connectivity index (χ1v) is 8.64. The second kappa shape index (κ2) is 5.63. The number of thiazole rings is 1. The van der Waals surface area contributed by atoms with Gasteiger partial charge in [0.2, 0.25) is 5.88 Å². The smallest absolute Gasteiger partial charge is 0.275 e. The molecule has 124 valence electrons. The number of aromatic nitrogens is 2. The lowest BCUT2D eigenvalue weighted by atomic mass is 9.70. The maximum absolute atomic E-state index is 12.5. The predicted octanol–water partition coefficient (Wildman–Crippen LogP) is 2.41. The standard InChI is InChI=1S/C16H21N3O3S/c1-9-6-10(8-16(2,3)7-9)17-12(20)11-13(21)18-15-19(14(11)22)4-5-23-15/h4-5,9-10,21H,6-8H2,1-3H3,(H,17,20)/t9-,10+/m1/s1. The van der Waals surface area contributed by atoms with Gasteiger partial charge in [-0.3, -0.25) is 14.0 Å². The number of amides is 1. The molecule has 2 heterocycles. The molecular formula is C16H21N3O3S. The molecule has 6 nitrogen and oxygen atoms in total. The first-order valence-electron chi connectivity index (χ1n) is 7.76. The van der Waals surface area contributed by atoms with Crippen LogP contribution in [-0.2, 0) is 0 Å². The van der Waals surface area contributed by atoms with Crippen molar-refractivity contribution >= 4 is 22.2 Å². The number of carbonyl (C=O) groups excluding carboxylic acids is 1. The molecule has 0 spiro atoms. The lowest BCUT2D eigenvalue weighted by molar-refractivity contribution is 0.0869. The van der Waals surface area contributed by atoms with Crippen molar-refractivity contribution in [1.29, 1.82) is 0 Å². The third-order valence-corrected chi connectivity index (χ3v) is 5.15. The Morgan fingerprint density at radius 3 is 2.91 bits per heavy atom. The van der Waals surface area contributed by atoms with Crippen LogP contribution in [0.4, 0.5) is 0 Å². The number of hydrogen-bond acceptors (Lipinski definition) is 5. The van der Waals surface area contributed by atoms with Crippen LogP contribution in [-0.4, -0.2) is 26.4 Å². The molecule has 0 unspecified atom stereocenters. The SMILES string of the molecule is C[C@@H]1C[C@H](NC(=O)c2c(O)nc3sccn3c2=O)CC(C)(C)C1. The summed E-state index contributed by atoms with van der Waals surface area (Å²) in [6, 6.07) is 0.00298. The quantitative estimate of drug-likeness (QED) is 0.883. The summed E-state index contributed by atoms with van der Waals surface area (Å²) in [6.07, 6.45) is 4.41. The van der Waals surface area contributed by atoms with Crippen LogP contribution in [0.3, 0.4) is 0 Å². The fraction of sp³-hybridized carbons (Fsp3) is 0.562. The van der Waals surface area contributed by atoms with E-state index >= 15 is 0 Å². The van der Waals surface area contributed by atoms with Gasteiger partial charge in [0.05, 0.1) is 0 Å². The van der Waals surface area contributed by atoms with Crippen LogP contribution in [0.5, 0.6) is 5.88 Å². The van der Waals surface area contributed by atoms with E-state index < -0.39 is 17.3 Å². The highest BCUT2D eigenvalue weighted by atomic mass is 32.1. The second-order valence-corrected chi connectivity index (χ2v) is 8.13. The van der Waals surface area contributed by atoms with E-state index in [2.05, 4.69) is 31.1 Å². The molecule has 0 bridgehead atoms. The highest BCUT2D eigenvalue weighted by molar-refractivity contribution is 7.15. The molecular weight excluding hydrogens is 314 g/mol. The van der Waals surface area contributed by atoms with Gasteiger partial charge in [-0.25, -0.2) is 0 Å². The zero-order valence-electron chi connectivity index (χ0n) is 13.5. The number of hydrogen-bond donors (Lipinski definition) is 2. The minimum atomic E-state index is -0.546. The van der Waals surface area contributed by atoms with Gasteiger partial charge >= 0.3 is 0 Å². The van der Waals surface area contributed by atoms with Gasteiger partial charge in [0, 0.05) is 17.6 Å². The van der Waals surface area contributed by atoms with Crippen molar-refractivity contribution in [2.45, 2.75) is 46.1 Å². The fourth-order valence-electron chi connectivity index (χ4n) is 3.78. The zero-order valence-corrected chi connectivity index (χ0v) is 14.3. The molecule has 1 fully saturated rings. The van der Waals surface area contributed by atoms with Gasteiger partial charge in [-0.1, -0.05) is 20.8 Å². The summed E-state index contributed by atoms with van der Waals surface area (Å²) in [5.74, 6) is -0.537. The molecule has 0 aliphatic heterocycles. The van der Waals surface area contributed by atoms with Crippen LogP contribution in [0.15, 0.2) is 16.4 Å². The summed E-state index contributed by atoms with van der Waals surface area (Å²) in [6.45, 7) is 6.55. The van der Waals surface area contributed by atoms with Gasteiger partial charge < -0.3 is 10.4 Å². The van der Waals surface area contributed by atoms with Crippen molar-refractivity contribution < 1.29 is 9.90 Å². The molecule has 0 saturated heterocycles. The summed E-state index contributed by atoms with van der Waals surface area (Å²) in [5.41, 5.74) is -0.659. The molecule has 1 saturated carbocycles. The highest BCUT2D eigenvalue weighted by Gasteiger charge is 2.33. The third kappa shape index (κ3) is 3.10.